The predicted octanol–water partition coefficient (Wildman–Crippen LogP) is 4.96. The predicted molar refractivity (Wildman–Crippen MR) is 93.7 cm³/mol. The first-order valence-corrected chi connectivity index (χ1v) is 8.03. The van der Waals surface area contributed by atoms with Gasteiger partial charge < -0.3 is 9.72 Å². The van der Waals surface area contributed by atoms with E-state index in [4.69, 9.17) is 4.74 Å². The summed E-state index contributed by atoms with van der Waals surface area (Å²) in [5, 5.41) is 1.23. The van der Waals surface area contributed by atoms with Crippen LogP contribution in [0.4, 0.5) is 0 Å². The molecular formula is C20H21NO2. The summed E-state index contributed by atoms with van der Waals surface area (Å²) in [4.78, 5) is 15.2. The summed E-state index contributed by atoms with van der Waals surface area (Å²) < 4.78 is 4.77. The third-order valence-corrected chi connectivity index (χ3v) is 4.16. The number of aromatic nitrogens is 1. The number of hydrogen-bond donors (Lipinski definition) is 1. The number of fused-ring (bicyclic) bond motifs is 1. The number of ether oxygens (including phenoxy) is 1. The molecule has 3 rings (SSSR count). The van der Waals surface area contributed by atoms with E-state index in [0.717, 1.165) is 30.3 Å². The fraction of sp³-hybridized carbons (Fsp3) is 0.250. The number of benzene rings is 2. The van der Waals surface area contributed by atoms with Gasteiger partial charge in [-0.2, -0.15) is 0 Å². The Morgan fingerprint density at radius 2 is 1.83 bits per heavy atom. The second-order valence-electron chi connectivity index (χ2n) is 5.70. The molecule has 0 fully saturated rings. The van der Waals surface area contributed by atoms with Gasteiger partial charge in [-0.1, -0.05) is 43.7 Å². The zero-order chi connectivity index (χ0) is 16.2. The van der Waals surface area contributed by atoms with Crippen molar-refractivity contribution in [2.45, 2.75) is 26.2 Å². The third kappa shape index (κ3) is 3.00. The largest absolute Gasteiger partial charge is 0.465 e. The summed E-state index contributed by atoms with van der Waals surface area (Å²) in [7, 11) is 1.40. The molecule has 3 nitrogen and oxygen atoms in total. The van der Waals surface area contributed by atoms with Crippen molar-refractivity contribution in [2.75, 3.05) is 7.11 Å². The van der Waals surface area contributed by atoms with Crippen LogP contribution in [-0.4, -0.2) is 18.1 Å². The normalized spacial score (nSPS) is 10.9. The van der Waals surface area contributed by atoms with Crippen molar-refractivity contribution in [1.29, 1.82) is 0 Å². The number of aryl methyl sites for hydroxylation is 1. The first kappa shape index (κ1) is 15.3. The Kier molecular flexibility index (Phi) is 4.47. The van der Waals surface area contributed by atoms with Crippen LogP contribution < -0.4 is 0 Å². The monoisotopic (exact) mass is 307 g/mol. The summed E-state index contributed by atoms with van der Waals surface area (Å²) in [6, 6.07) is 16.0. The van der Waals surface area contributed by atoms with Crippen LogP contribution in [0.3, 0.4) is 0 Å². The Labute approximate surface area is 136 Å². The molecule has 0 saturated carbocycles. The van der Waals surface area contributed by atoms with E-state index in [2.05, 4.69) is 30.1 Å². The first-order chi connectivity index (χ1) is 11.2. The van der Waals surface area contributed by atoms with E-state index >= 15 is 0 Å². The highest BCUT2D eigenvalue weighted by atomic mass is 16.5. The van der Waals surface area contributed by atoms with Crippen LogP contribution in [0.1, 0.15) is 35.8 Å². The molecular weight excluding hydrogens is 286 g/mol. The lowest BCUT2D eigenvalue weighted by molar-refractivity contribution is 0.0601. The molecule has 0 spiro atoms. The molecule has 0 bridgehead atoms. The molecule has 0 amide bonds. The Morgan fingerprint density at radius 1 is 1.09 bits per heavy atom. The van der Waals surface area contributed by atoms with Crippen molar-refractivity contribution < 1.29 is 9.53 Å². The van der Waals surface area contributed by atoms with Crippen LogP contribution in [0.5, 0.6) is 0 Å². The van der Waals surface area contributed by atoms with Gasteiger partial charge in [0.05, 0.1) is 12.7 Å². The van der Waals surface area contributed by atoms with E-state index in [1.807, 2.05) is 30.3 Å². The molecule has 0 aliphatic carbocycles. The SMILES string of the molecule is CCCCc1[nH]c2ccccc2c1-c1ccc(C(=O)OC)cc1. The van der Waals surface area contributed by atoms with Gasteiger partial charge in [0.15, 0.2) is 0 Å². The Morgan fingerprint density at radius 3 is 2.52 bits per heavy atom. The minimum absolute atomic E-state index is 0.304. The van der Waals surface area contributed by atoms with Crippen LogP contribution in [0, 0.1) is 0 Å². The molecule has 118 valence electrons. The molecule has 2 aromatic carbocycles. The van der Waals surface area contributed by atoms with Gasteiger partial charge in [-0.15, -0.1) is 0 Å². The average molecular weight is 307 g/mol. The second kappa shape index (κ2) is 6.69. The van der Waals surface area contributed by atoms with E-state index in [1.165, 1.54) is 23.8 Å². The molecule has 0 aliphatic rings. The number of carbonyl (C=O) groups excluding carboxylic acids is 1. The maximum Gasteiger partial charge on any atom is 0.337 e. The fourth-order valence-electron chi connectivity index (χ4n) is 2.96. The molecule has 0 radical (unpaired) electrons. The molecule has 1 aromatic heterocycles. The maximum absolute atomic E-state index is 11.6. The van der Waals surface area contributed by atoms with Crippen LogP contribution in [0.25, 0.3) is 22.0 Å². The standard InChI is InChI=1S/C20H21NO2/c1-3-4-8-18-19(16-7-5-6-9-17(16)21-18)14-10-12-15(13-11-14)20(22)23-2/h5-7,9-13,21H,3-4,8H2,1-2H3. The number of aromatic amines is 1. The van der Waals surface area contributed by atoms with E-state index in [1.54, 1.807) is 0 Å². The van der Waals surface area contributed by atoms with Crippen LogP contribution in [0.2, 0.25) is 0 Å². The molecule has 0 atom stereocenters. The summed E-state index contributed by atoms with van der Waals surface area (Å²) in [5.74, 6) is -0.304. The number of hydrogen-bond acceptors (Lipinski definition) is 2. The van der Waals surface area contributed by atoms with E-state index in [0.29, 0.717) is 5.56 Å². The van der Waals surface area contributed by atoms with Gasteiger partial charge in [0, 0.05) is 22.2 Å². The number of unbranched alkanes of at least 4 members (excludes halogenated alkanes) is 1. The van der Waals surface area contributed by atoms with Crippen LogP contribution in [-0.2, 0) is 11.2 Å². The quantitative estimate of drug-likeness (QED) is 0.677. The molecule has 3 aromatic rings. The second-order valence-corrected chi connectivity index (χ2v) is 5.70. The van der Waals surface area contributed by atoms with Gasteiger partial charge in [-0.3, -0.25) is 0 Å². The number of carbonyl (C=O) groups is 1. The van der Waals surface area contributed by atoms with Crippen LogP contribution in [0.15, 0.2) is 48.5 Å². The van der Waals surface area contributed by atoms with Crippen molar-refractivity contribution in [1.82, 2.24) is 4.98 Å². The van der Waals surface area contributed by atoms with Crippen molar-refractivity contribution >= 4 is 16.9 Å². The number of H-pyrrole nitrogens is 1. The van der Waals surface area contributed by atoms with Gasteiger partial charge in [0.1, 0.15) is 0 Å². The van der Waals surface area contributed by atoms with Crippen molar-refractivity contribution in [3.63, 3.8) is 0 Å². The zero-order valence-electron chi connectivity index (χ0n) is 13.6. The average Bonchev–Trinajstić information content (AvgIpc) is 2.97. The Hall–Kier alpha value is -2.55. The zero-order valence-corrected chi connectivity index (χ0v) is 13.6. The highest BCUT2D eigenvalue weighted by Crippen LogP contribution is 2.33. The summed E-state index contributed by atoms with van der Waals surface area (Å²) in [5.41, 5.74) is 5.36. The molecule has 1 heterocycles. The van der Waals surface area contributed by atoms with Gasteiger partial charge in [0.25, 0.3) is 0 Å². The van der Waals surface area contributed by atoms with Crippen molar-refractivity contribution in [3.05, 3.63) is 59.8 Å². The number of esters is 1. The molecule has 0 unspecified atom stereocenters. The highest BCUT2D eigenvalue weighted by Gasteiger charge is 2.13. The van der Waals surface area contributed by atoms with Gasteiger partial charge in [0.2, 0.25) is 0 Å². The number of methoxy groups -OCH3 is 1. The summed E-state index contributed by atoms with van der Waals surface area (Å²) in [6.45, 7) is 2.20. The topological polar surface area (TPSA) is 42.1 Å². The molecule has 0 aliphatic heterocycles. The van der Waals surface area contributed by atoms with E-state index < -0.39 is 0 Å². The highest BCUT2D eigenvalue weighted by molar-refractivity contribution is 5.98. The molecule has 23 heavy (non-hydrogen) atoms. The Bertz CT molecular complexity index is 815. The third-order valence-electron chi connectivity index (χ3n) is 4.16. The molecule has 1 N–H and O–H groups in total. The fourth-order valence-corrected chi connectivity index (χ4v) is 2.96. The Balaban J connectivity index is 2.08. The van der Waals surface area contributed by atoms with Gasteiger partial charge in [-0.25, -0.2) is 4.79 Å². The molecule has 3 heteroatoms. The number of nitrogens with one attached hydrogen (secondary N) is 1. The van der Waals surface area contributed by atoms with E-state index in [9.17, 15) is 4.79 Å². The summed E-state index contributed by atoms with van der Waals surface area (Å²) >= 11 is 0. The lowest BCUT2D eigenvalue weighted by Gasteiger charge is -2.06. The molecule has 0 saturated heterocycles. The van der Waals surface area contributed by atoms with Gasteiger partial charge >= 0.3 is 5.97 Å². The minimum Gasteiger partial charge on any atom is -0.465 e. The van der Waals surface area contributed by atoms with Crippen LogP contribution >= 0.6 is 0 Å². The number of rotatable bonds is 5. The smallest absolute Gasteiger partial charge is 0.337 e. The summed E-state index contributed by atoms with van der Waals surface area (Å²) in [6.07, 6.45) is 3.34. The van der Waals surface area contributed by atoms with Crippen molar-refractivity contribution in [3.8, 4) is 11.1 Å². The lowest BCUT2D eigenvalue weighted by atomic mass is 9.98. The first-order valence-electron chi connectivity index (χ1n) is 8.03. The lowest BCUT2D eigenvalue weighted by Crippen LogP contribution is -2.00. The minimum atomic E-state index is -0.304. The van der Waals surface area contributed by atoms with E-state index in [-0.39, 0.29) is 5.97 Å². The van der Waals surface area contributed by atoms with Gasteiger partial charge in [-0.05, 0) is 36.6 Å². The maximum atomic E-state index is 11.6. The number of para-hydroxylation sites is 1. The van der Waals surface area contributed by atoms with Crippen molar-refractivity contribution in [2.24, 2.45) is 0 Å².